The van der Waals surface area contributed by atoms with E-state index in [9.17, 15) is 0 Å². The van der Waals surface area contributed by atoms with Crippen LogP contribution in [0.15, 0.2) is 22.5 Å². The van der Waals surface area contributed by atoms with Crippen molar-refractivity contribution >= 4 is 24.2 Å². The Morgan fingerprint density at radius 3 is 1.67 bits per heavy atom. The molecular weight excluding hydrogens is 264 g/mol. The molecule has 1 aliphatic rings. The first kappa shape index (κ1) is 16.2. The van der Waals surface area contributed by atoms with E-state index in [1.165, 1.54) is 6.42 Å². The minimum atomic E-state index is -1.17. The fourth-order valence-electron chi connectivity index (χ4n) is 2.35. The first-order valence-corrected chi connectivity index (χ1v) is 17.8. The molecule has 1 unspecified atom stereocenters. The van der Waals surface area contributed by atoms with Crippen LogP contribution in [0.5, 0.6) is 0 Å². The summed E-state index contributed by atoms with van der Waals surface area (Å²) in [5.74, 6) is 0. The molecule has 104 valence electrons. The van der Waals surface area contributed by atoms with Gasteiger partial charge in [0.2, 0.25) is 0 Å². The van der Waals surface area contributed by atoms with E-state index in [1.54, 1.807) is 5.20 Å². The third-order valence-electron chi connectivity index (χ3n) is 4.09. The van der Waals surface area contributed by atoms with Crippen molar-refractivity contribution in [3.8, 4) is 0 Å². The summed E-state index contributed by atoms with van der Waals surface area (Å²) < 4.78 is 0. The van der Waals surface area contributed by atoms with Crippen molar-refractivity contribution in [2.24, 2.45) is 0 Å². The van der Waals surface area contributed by atoms with E-state index in [2.05, 4.69) is 71.1 Å². The van der Waals surface area contributed by atoms with Gasteiger partial charge in [-0.05, 0) is 12.0 Å². The summed E-state index contributed by atoms with van der Waals surface area (Å²) in [5.41, 5.74) is 0.867. The minimum Gasteiger partial charge on any atom is -0.0846 e. The second-order valence-corrected chi connectivity index (χ2v) is 24.7. The molecule has 0 saturated heterocycles. The molecule has 0 heterocycles. The second-order valence-electron chi connectivity index (χ2n) is 8.97. The van der Waals surface area contributed by atoms with Crippen LogP contribution in [0, 0.1) is 0 Å². The van der Waals surface area contributed by atoms with Gasteiger partial charge in [0.1, 0.15) is 0 Å². The van der Waals surface area contributed by atoms with Crippen LogP contribution in [0.1, 0.15) is 6.42 Å². The van der Waals surface area contributed by atoms with Gasteiger partial charge in [0, 0.05) is 0 Å². The van der Waals surface area contributed by atoms with Gasteiger partial charge in [-0.1, -0.05) is 81.5 Å². The summed E-state index contributed by atoms with van der Waals surface area (Å²) in [6.45, 7) is 22.6. The maximum atomic E-state index is 2.67. The highest BCUT2D eigenvalue weighted by Crippen LogP contribution is 2.40. The average molecular weight is 297 g/mol. The van der Waals surface area contributed by atoms with Crippen molar-refractivity contribution in [3.63, 3.8) is 0 Å². The molecule has 0 aromatic heterocycles. The largest absolute Gasteiger partial charge is 0.0846 e. The lowest BCUT2D eigenvalue weighted by molar-refractivity contribution is 0.946. The third-order valence-corrected chi connectivity index (χ3v) is 11.0. The van der Waals surface area contributed by atoms with Crippen LogP contribution in [0.25, 0.3) is 0 Å². The summed E-state index contributed by atoms with van der Waals surface area (Å²) in [6.07, 6.45) is 6.64. The lowest BCUT2D eigenvalue weighted by atomic mass is 10.2. The standard InChI is InChI=1S/C15H32Si3/c1-16(2,3)13-10-14(17(4,5)6)12-15(11-13)18(7,8)9/h10-11,14H,12H2,1-9H3. The normalized spacial score (nSPS) is 22.6. The van der Waals surface area contributed by atoms with Crippen molar-refractivity contribution in [2.45, 2.75) is 70.9 Å². The molecule has 1 aliphatic carbocycles. The predicted molar refractivity (Wildman–Crippen MR) is 94.6 cm³/mol. The molecule has 0 saturated carbocycles. The van der Waals surface area contributed by atoms with Gasteiger partial charge in [0.25, 0.3) is 0 Å². The Kier molecular flexibility index (Phi) is 4.41. The van der Waals surface area contributed by atoms with E-state index in [-0.39, 0.29) is 0 Å². The van der Waals surface area contributed by atoms with E-state index in [4.69, 9.17) is 0 Å². The van der Waals surface area contributed by atoms with Crippen molar-refractivity contribution in [1.82, 2.24) is 0 Å². The van der Waals surface area contributed by atoms with E-state index >= 15 is 0 Å². The van der Waals surface area contributed by atoms with E-state index in [0.29, 0.717) is 0 Å². The fraction of sp³-hybridized carbons (Fsp3) is 0.733. The molecular formula is C15H32Si3. The lowest BCUT2D eigenvalue weighted by Gasteiger charge is -2.37. The number of rotatable bonds is 3. The predicted octanol–water partition coefficient (Wildman–Crippen LogP) is 5.71. The molecule has 0 amide bonds. The molecule has 0 radical (unpaired) electrons. The van der Waals surface area contributed by atoms with Gasteiger partial charge in [-0.2, -0.15) is 0 Å². The highest BCUT2D eigenvalue weighted by atomic mass is 28.3. The van der Waals surface area contributed by atoms with Crippen LogP contribution in [-0.4, -0.2) is 24.2 Å². The molecule has 1 rings (SSSR count). The molecule has 0 spiro atoms. The number of hydrogen-bond acceptors (Lipinski definition) is 0. The van der Waals surface area contributed by atoms with Gasteiger partial charge in [0.15, 0.2) is 0 Å². The van der Waals surface area contributed by atoms with Gasteiger partial charge in [-0.15, -0.1) is 0 Å². The Bertz CT molecular complexity index is 370. The summed E-state index contributed by atoms with van der Waals surface area (Å²) in [4.78, 5) is 0. The monoisotopic (exact) mass is 296 g/mol. The molecule has 0 aliphatic heterocycles. The van der Waals surface area contributed by atoms with Crippen molar-refractivity contribution in [2.75, 3.05) is 0 Å². The topological polar surface area (TPSA) is 0 Å². The second kappa shape index (κ2) is 4.91. The Balaban J connectivity index is 3.21. The van der Waals surface area contributed by atoms with Crippen LogP contribution >= 0.6 is 0 Å². The van der Waals surface area contributed by atoms with Crippen LogP contribution in [0.3, 0.4) is 0 Å². The van der Waals surface area contributed by atoms with Gasteiger partial charge in [-0.3, -0.25) is 0 Å². The molecule has 0 aromatic carbocycles. The van der Waals surface area contributed by atoms with Gasteiger partial charge >= 0.3 is 0 Å². The Hall–Kier alpha value is 0.131. The average Bonchev–Trinajstić information content (AvgIpc) is 2.13. The SMILES string of the molecule is C[Si](C)(C)C1=CC([Si](C)(C)C)CC([Si](C)(C)C)=C1. The Labute approximate surface area is 118 Å². The van der Waals surface area contributed by atoms with Crippen LogP contribution in [0.2, 0.25) is 64.5 Å². The molecule has 0 aromatic rings. The van der Waals surface area contributed by atoms with E-state index in [0.717, 1.165) is 5.54 Å². The Morgan fingerprint density at radius 1 is 0.833 bits per heavy atom. The number of hydrogen-bond donors (Lipinski definition) is 0. The first-order chi connectivity index (χ1) is 7.82. The number of allylic oxidation sites excluding steroid dienone is 4. The molecule has 18 heavy (non-hydrogen) atoms. The first-order valence-electron chi connectivity index (χ1n) is 7.25. The van der Waals surface area contributed by atoms with Crippen molar-refractivity contribution in [1.29, 1.82) is 0 Å². The molecule has 0 nitrogen and oxygen atoms in total. The summed E-state index contributed by atoms with van der Waals surface area (Å²) >= 11 is 0. The zero-order chi connectivity index (χ0) is 14.4. The fourth-order valence-corrected chi connectivity index (χ4v) is 7.11. The van der Waals surface area contributed by atoms with Crippen molar-refractivity contribution < 1.29 is 0 Å². The highest BCUT2D eigenvalue weighted by Gasteiger charge is 2.34. The zero-order valence-electron chi connectivity index (χ0n) is 13.9. The van der Waals surface area contributed by atoms with Crippen LogP contribution in [-0.2, 0) is 0 Å². The van der Waals surface area contributed by atoms with E-state index < -0.39 is 24.2 Å². The lowest BCUT2D eigenvalue weighted by Crippen LogP contribution is -2.36. The quantitative estimate of drug-likeness (QED) is 0.585. The third kappa shape index (κ3) is 4.07. The Morgan fingerprint density at radius 2 is 1.33 bits per heavy atom. The summed E-state index contributed by atoms with van der Waals surface area (Å²) in [7, 11) is -3.37. The minimum absolute atomic E-state index is 0.867. The molecule has 0 fully saturated rings. The van der Waals surface area contributed by atoms with Gasteiger partial charge in [0.05, 0.1) is 24.2 Å². The van der Waals surface area contributed by atoms with Crippen LogP contribution in [0.4, 0.5) is 0 Å². The van der Waals surface area contributed by atoms with E-state index in [1.807, 2.05) is 5.20 Å². The summed E-state index contributed by atoms with van der Waals surface area (Å²) in [5, 5.41) is 3.54. The molecule has 0 N–H and O–H groups in total. The van der Waals surface area contributed by atoms with Crippen molar-refractivity contribution in [3.05, 3.63) is 22.5 Å². The molecule has 3 heteroatoms. The maximum Gasteiger partial charge on any atom is 0.0771 e. The van der Waals surface area contributed by atoms with Crippen LogP contribution < -0.4 is 0 Å². The highest BCUT2D eigenvalue weighted by molar-refractivity contribution is 6.86. The molecule has 0 bridgehead atoms. The molecule has 1 atom stereocenters. The zero-order valence-corrected chi connectivity index (χ0v) is 16.9. The van der Waals surface area contributed by atoms with Gasteiger partial charge < -0.3 is 0 Å². The summed E-state index contributed by atoms with van der Waals surface area (Å²) in [6, 6.07) is 0. The smallest absolute Gasteiger partial charge is 0.0771 e. The van der Waals surface area contributed by atoms with Gasteiger partial charge in [-0.25, -0.2) is 0 Å². The maximum absolute atomic E-state index is 2.67.